The summed E-state index contributed by atoms with van der Waals surface area (Å²) in [6, 6.07) is 7.56. The molecule has 21 heavy (non-hydrogen) atoms. The summed E-state index contributed by atoms with van der Waals surface area (Å²) in [5, 5.41) is 2.76. The van der Waals surface area contributed by atoms with Crippen LogP contribution in [0.1, 0.15) is 0 Å². The molecule has 2 rings (SSSR count). The van der Waals surface area contributed by atoms with E-state index in [-0.39, 0.29) is 21.5 Å². The second-order valence-electron chi connectivity index (χ2n) is 4.01. The minimum Gasteiger partial charge on any atom is -0.481 e. The van der Waals surface area contributed by atoms with Gasteiger partial charge in [0.25, 0.3) is 5.91 Å². The maximum atomic E-state index is 13.4. The van der Waals surface area contributed by atoms with Crippen LogP contribution in [0.4, 0.5) is 14.5 Å². The topological polar surface area (TPSA) is 38.3 Å². The van der Waals surface area contributed by atoms with Gasteiger partial charge in [-0.2, -0.15) is 0 Å². The number of ether oxygens (including phenoxy) is 1. The molecular formula is C14H9Cl2F2NO2. The third-order valence-electron chi connectivity index (χ3n) is 2.47. The zero-order chi connectivity index (χ0) is 15.4. The average molecular weight is 332 g/mol. The first kappa shape index (κ1) is 15.5. The van der Waals surface area contributed by atoms with Gasteiger partial charge in [0.1, 0.15) is 11.6 Å². The summed E-state index contributed by atoms with van der Waals surface area (Å²) in [6.07, 6.45) is 0. The Morgan fingerprint density at radius 3 is 2.43 bits per heavy atom. The minimum atomic E-state index is -0.876. The number of hydrogen-bond donors (Lipinski definition) is 1. The molecule has 1 N–H and O–H groups in total. The lowest BCUT2D eigenvalue weighted by Gasteiger charge is -2.10. The van der Waals surface area contributed by atoms with Crippen LogP contribution in [-0.4, -0.2) is 12.5 Å². The molecule has 7 heteroatoms. The number of rotatable bonds is 4. The molecule has 2 aromatic rings. The van der Waals surface area contributed by atoms with Crippen molar-refractivity contribution in [3.8, 4) is 5.75 Å². The third-order valence-corrected chi connectivity index (χ3v) is 3.07. The van der Waals surface area contributed by atoms with Crippen LogP contribution in [0.2, 0.25) is 10.0 Å². The molecule has 110 valence electrons. The molecule has 0 aliphatic heterocycles. The number of hydrogen-bond acceptors (Lipinski definition) is 2. The second kappa shape index (κ2) is 6.74. The molecular weight excluding hydrogens is 323 g/mol. The van der Waals surface area contributed by atoms with Gasteiger partial charge in [-0.25, -0.2) is 8.78 Å². The van der Waals surface area contributed by atoms with Crippen molar-refractivity contribution in [2.24, 2.45) is 0 Å². The summed E-state index contributed by atoms with van der Waals surface area (Å²) in [7, 11) is 0. The summed E-state index contributed by atoms with van der Waals surface area (Å²) in [4.78, 5) is 11.7. The molecule has 0 aliphatic rings. The van der Waals surface area contributed by atoms with Crippen molar-refractivity contribution in [1.82, 2.24) is 0 Å². The predicted molar refractivity (Wildman–Crippen MR) is 76.9 cm³/mol. The fourth-order valence-electron chi connectivity index (χ4n) is 1.54. The first-order valence-corrected chi connectivity index (χ1v) is 6.54. The number of carbonyl (C=O) groups excluding carboxylic acids is 1. The van der Waals surface area contributed by atoms with Crippen molar-refractivity contribution in [2.75, 3.05) is 11.9 Å². The maximum Gasteiger partial charge on any atom is 0.262 e. The van der Waals surface area contributed by atoms with Gasteiger partial charge in [-0.05, 0) is 24.3 Å². The lowest BCUT2D eigenvalue weighted by molar-refractivity contribution is -0.118. The Morgan fingerprint density at radius 2 is 1.81 bits per heavy atom. The van der Waals surface area contributed by atoms with Crippen molar-refractivity contribution >= 4 is 34.8 Å². The Labute approximate surface area is 129 Å². The summed E-state index contributed by atoms with van der Waals surface area (Å²) in [5.74, 6) is -2.07. The van der Waals surface area contributed by atoms with E-state index in [0.717, 1.165) is 12.1 Å². The van der Waals surface area contributed by atoms with Gasteiger partial charge < -0.3 is 10.1 Å². The number of anilines is 1. The number of benzene rings is 2. The van der Waals surface area contributed by atoms with Crippen molar-refractivity contribution < 1.29 is 18.3 Å². The highest BCUT2D eigenvalue weighted by molar-refractivity contribution is 6.37. The van der Waals surface area contributed by atoms with Gasteiger partial charge in [-0.15, -0.1) is 0 Å². The number of halogens is 4. The van der Waals surface area contributed by atoms with Crippen molar-refractivity contribution in [2.45, 2.75) is 0 Å². The Kier molecular flexibility index (Phi) is 4.98. The van der Waals surface area contributed by atoms with Crippen molar-refractivity contribution in [3.05, 3.63) is 58.1 Å². The zero-order valence-corrected chi connectivity index (χ0v) is 12.0. The molecule has 0 spiro atoms. The maximum absolute atomic E-state index is 13.4. The molecule has 1 amide bonds. The van der Waals surface area contributed by atoms with E-state index in [9.17, 15) is 13.6 Å². The van der Waals surface area contributed by atoms with Crippen LogP contribution < -0.4 is 10.1 Å². The van der Waals surface area contributed by atoms with Crippen LogP contribution in [0, 0.1) is 11.6 Å². The molecule has 0 aromatic heterocycles. The Balaban J connectivity index is 1.99. The van der Waals surface area contributed by atoms with Crippen molar-refractivity contribution in [1.29, 1.82) is 0 Å². The molecule has 0 heterocycles. The lowest BCUT2D eigenvalue weighted by atomic mass is 10.3. The molecule has 0 unspecified atom stereocenters. The van der Waals surface area contributed by atoms with Crippen LogP contribution in [0.15, 0.2) is 36.4 Å². The standard InChI is InChI=1S/C14H9Cl2F2NO2/c15-9-2-1-3-10(16)14(9)21-7-13(20)19-12-5-4-8(17)6-11(12)18/h1-6H,7H2,(H,19,20). The number of amides is 1. The third kappa shape index (κ3) is 4.06. The summed E-state index contributed by atoms with van der Waals surface area (Å²) >= 11 is 11.7. The van der Waals surface area contributed by atoms with E-state index in [4.69, 9.17) is 27.9 Å². The first-order valence-electron chi connectivity index (χ1n) is 5.79. The summed E-state index contributed by atoms with van der Waals surface area (Å²) < 4.78 is 31.3. The monoisotopic (exact) mass is 331 g/mol. The molecule has 3 nitrogen and oxygen atoms in total. The highest BCUT2D eigenvalue weighted by Crippen LogP contribution is 2.32. The van der Waals surface area contributed by atoms with Crippen LogP contribution in [0.5, 0.6) is 5.75 Å². The smallest absolute Gasteiger partial charge is 0.262 e. The normalized spacial score (nSPS) is 10.3. The van der Waals surface area contributed by atoms with E-state index < -0.39 is 24.1 Å². The Bertz CT molecular complexity index is 660. The second-order valence-corrected chi connectivity index (χ2v) is 4.83. The molecule has 0 saturated carbocycles. The molecule has 0 saturated heterocycles. The van der Waals surface area contributed by atoms with E-state index in [1.807, 2.05) is 0 Å². The fourth-order valence-corrected chi connectivity index (χ4v) is 2.04. The van der Waals surface area contributed by atoms with Gasteiger partial charge in [-0.1, -0.05) is 29.3 Å². The average Bonchev–Trinajstić information content (AvgIpc) is 2.41. The Hall–Kier alpha value is -1.85. The number of carbonyl (C=O) groups is 1. The largest absolute Gasteiger partial charge is 0.481 e. The van der Waals surface area contributed by atoms with Gasteiger partial charge in [0.15, 0.2) is 12.4 Å². The zero-order valence-electron chi connectivity index (χ0n) is 10.5. The van der Waals surface area contributed by atoms with Gasteiger partial charge in [0, 0.05) is 6.07 Å². The van der Waals surface area contributed by atoms with Gasteiger partial charge in [0.2, 0.25) is 0 Å². The molecule has 0 atom stereocenters. The van der Waals surface area contributed by atoms with E-state index >= 15 is 0 Å². The van der Waals surface area contributed by atoms with E-state index in [1.54, 1.807) is 18.2 Å². The molecule has 0 bridgehead atoms. The number of para-hydroxylation sites is 1. The van der Waals surface area contributed by atoms with E-state index in [1.165, 1.54) is 0 Å². The molecule has 0 aliphatic carbocycles. The van der Waals surface area contributed by atoms with Crippen LogP contribution >= 0.6 is 23.2 Å². The highest BCUT2D eigenvalue weighted by Gasteiger charge is 2.11. The van der Waals surface area contributed by atoms with E-state index in [2.05, 4.69) is 5.32 Å². The summed E-state index contributed by atoms with van der Waals surface area (Å²) in [5.41, 5.74) is -0.143. The van der Waals surface area contributed by atoms with Crippen LogP contribution in [0.3, 0.4) is 0 Å². The van der Waals surface area contributed by atoms with Gasteiger partial charge in [0.05, 0.1) is 15.7 Å². The number of nitrogens with one attached hydrogen (secondary N) is 1. The fraction of sp³-hybridized carbons (Fsp3) is 0.0714. The van der Waals surface area contributed by atoms with E-state index in [0.29, 0.717) is 6.07 Å². The minimum absolute atomic E-state index is 0.143. The first-order chi connectivity index (χ1) is 9.97. The summed E-state index contributed by atoms with van der Waals surface area (Å²) in [6.45, 7) is -0.416. The SMILES string of the molecule is O=C(COc1c(Cl)cccc1Cl)Nc1ccc(F)cc1F. The highest BCUT2D eigenvalue weighted by atomic mass is 35.5. The van der Waals surface area contributed by atoms with Crippen molar-refractivity contribution in [3.63, 3.8) is 0 Å². The quantitative estimate of drug-likeness (QED) is 0.907. The predicted octanol–water partition coefficient (Wildman–Crippen LogP) is 4.29. The Morgan fingerprint density at radius 1 is 1.14 bits per heavy atom. The lowest BCUT2D eigenvalue weighted by Crippen LogP contribution is -2.21. The molecule has 0 fully saturated rings. The molecule has 2 aromatic carbocycles. The molecule has 0 radical (unpaired) electrons. The van der Waals surface area contributed by atoms with Crippen LogP contribution in [-0.2, 0) is 4.79 Å². The van der Waals surface area contributed by atoms with Crippen LogP contribution in [0.25, 0.3) is 0 Å². The van der Waals surface area contributed by atoms with Gasteiger partial charge in [-0.3, -0.25) is 4.79 Å². The van der Waals surface area contributed by atoms with Gasteiger partial charge >= 0.3 is 0 Å².